The Balaban J connectivity index is 1.97. The Kier molecular flexibility index (Phi) is 2.28. The molecule has 96 valence electrons. The molecule has 1 aromatic heterocycles. The lowest BCUT2D eigenvalue weighted by molar-refractivity contribution is -0.0541. The molecule has 1 aromatic carbocycles. The average molecular weight is 247 g/mol. The predicted molar refractivity (Wildman–Crippen MR) is 69.6 cm³/mol. The van der Waals surface area contributed by atoms with Gasteiger partial charge < -0.3 is 15.6 Å². The predicted octanol–water partition coefficient (Wildman–Crippen LogP) is 1.71. The third-order valence-electron chi connectivity index (χ3n) is 3.60. The molecule has 18 heavy (non-hydrogen) atoms. The molecule has 5 heteroatoms. The molecule has 0 radical (unpaired) electrons. The molecule has 0 atom stereocenters. The van der Waals surface area contributed by atoms with Gasteiger partial charge in [-0.2, -0.15) is 5.10 Å². The second-order valence-corrected chi connectivity index (χ2v) is 5.32. The Hall–Kier alpha value is -1.75. The van der Waals surface area contributed by atoms with Crippen LogP contribution < -0.4 is 10.5 Å². The third kappa shape index (κ3) is 1.71. The van der Waals surface area contributed by atoms with Gasteiger partial charge in [0.25, 0.3) is 0 Å². The van der Waals surface area contributed by atoms with Crippen molar-refractivity contribution in [2.75, 3.05) is 12.8 Å². The first-order valence-electron chi connectivity index (χ1n) is 6.03. The Labute approximate surface area is 105 Å². The van der Waals surface area contributed by atoms with Gasteiger partial charge in [-0.3, -0.25) is 4.68 Å². The first-order chi connectivity index (χ1) is 8.48. The summed E-state index contributed by atoms with van der Waals surface area (Å²) in [6, 6.07) is 3.99. The van der Waals surface area contributed by atoms with Crippen molar-refractivity contribution in [3.05, 3.63) is 18.3 Å². The van der Waals surface area contributed by atoms with E-state index in [2.05, 4.69) is 5.10 Å². The molecule has 1 aliphatic carbocycles. The standard InChI is InChI=1S/C13H17N3O2/c1-13(17)5-9(6-13)16-7-8-3-10(14)12(18-2)4-11(8)15-16/h3-4,7,9,17H,5-6,14H2,1-2H3. The van der Waals surface area contributed by atoms with Crippen molar-refractivity contribution in [2.24, 2.45) is 0 Å². The summed E-state index contributed by atoms with van der Waals surface area (Å²) in [4.78, 5) is 0. The zero-order chi connectivity index (χ0) is 12.9. The fourth-order valence-corrected chi connectivity index (χ4v) is 2.60. The molecule has 1 fully saturated rings. The van der Waals surface area contributed by atoms with Crippen LogP contribution in [0.3, 0.4) is 0 Å². The van der Waals surface area contributed by atoms with Crippen molar-refractivity contribution in [1.29, 1.82) is 0 Å². The summed E-state index contributed by atoms with van der Waals surface area (Å²) in [7, 11) is 1.59. The van der Waals surface area contributed by atoms with E-state index in [0.29, 0.717) is 11.4 Å². The van der Waals surface area contributed by atoms with Crippen LogP contribution in [-0.4, -0.2) is 27.6 Å². The Morgan fingerprint density at radius 3 is 2.83 bits per heavy atom. The van der Waals surface area contributed by atoms with Crippen molar-refractivity contribution >= 4 is 16.6 Å². The molecule has 1 heterocycles. The number of benzene rings is 1. The van der Waals surface area contributed by atoms with Crippen molar-refractivity contribution in [2.45, 2.75) is 31.4 Å². The number of nitrogen functional groups attached to an aromatic ring is 1. The van der Waals surface area contributed by atoms with Crippen LogP contribution in [0, 0.1) is 0 Å². The van der Waals surface area contributed by atoms with Crippen molar-refractivity contribution in [1.82, 2.24) is 9.78 Å². The van der Waals surface area contributed by atoms with E-state index >= 15 is 0 Å². The van der Waals surface area contributed by atoms with Crippen LogP contribution in [-0.2, 0) is 0 Å². The highest BCUT2D eigenvalue weighted by Gasteiger charge is 2.39. The quantitative estimate of drug-likeness (QED) is 0.792. The van der Waals surface area contributed by atoms with Crippen molar-refractivity contribution < 1.29 is 9.84 Å². The molecule has 0 saturated heterocycles. The first kappa shape index (κ1) is 11.3. The van der Waals surface area contributed by atoms with Crippen molar-refractivity contribution in [3.63, 3.8) is 0 Å². The van der Waals surface area contributed by atoms with Crippen LogP contribution >= 0.6 is 0 Å². The second kappa shape index (κ2) is 3.62. The van der Waals surface area contributed by atoms with Gasteiger partial charge in [-0.25, -0.2) is 0 Å². The summed E-state index contributed by atoms with van der Waals surface area (Å²) < 4.78 is 7.10. The minimum atomic E-state index is -0.542. The highest BCUT2D eigenvalue weighted by Crippen LogP contribution is 2.41. The number of aliphatic hydroxyl groups is 1. The van der Waals surface area contributed by atoms with E-state index in [1.54, 1.807) is 7.11 Å². The van der Waals surface area contributed by atoms with Crippen molar-refractivity contribution in [3.8, 4) is 5.75 Å². The minimum absolute atomic E-state index is 0.277. The third-order valence-corrected chi connectivity index (χ3v) is 3.60. The van der Waals surface area contributed by atoms with E-state index in [-0.39, 0.29) is 6.04 Å². The van der Waals surface area contributed by atoms with Gasteiger partial charge in [-0.1, -0.05) is 0 Å². The molecule has 2 aromatic rings. The second-order valence-electron chi connectivity index (χ2n) is 5.32. The number of methoxy groups -OCH3 is 1. The Morgan fingerprint density at radius 1 is 1.50 bits per heavy atom. The molecule has 0 unspecified atom stereocenters. The molecule has 0 amide bonds. The maximum absolute atomic E-state index is 9.76. The highest BCUT2D eigenvalue weighted by molar-refractivity contribution is 5.84. The summed E-state index contributed by atoms with van der Waals surface area (Å²) in [6.45, 7) is 1.85. The molecule has 3 N–H and O–H groups in total. The first-order valence-corrected chi connectivity index (χ1v) is 6.03. The van der Waals surface area contributed by atoms with E-state index in [1.165, 1.54) is 0 Å². The normalized spacial score (nSPS) is 27.2. The van der Waals surface area contributed by atoms with Gasteiger partial charge in [0.1, 0.15) is 5.75 Å². The fraction of sp³-hybridized carbons (Fsp3) is 0.462. The number of rotatable bonds is 2. The number of nitrogens with two attached hydrogens (primary N) is 1. The summed E-state index contributed by atoms with van der Waals surface area (Å²) in [6.07, 6.45) is 3.46. The molecule has 0 bridgehead atoms. The van der Waals surface area contributed by atoms with Crippen LogP contribution in [0.4, 0.5) is 5.69 Å². The number of fused-ring (bicyclic) bond motifs is 1. The molecule has 1 saturated carbocycles. The monoisotopic (exact) mass is 247 g/mol. The van der Waals surface area contributed by atoms with Crippen LogP contribution in [0.5, 0.6) is 5.75 Å². The summed E-state index contributed by atoms with van der Waals surface area (Å²) in [5.74, 6) is 0.647. The number of anilines is 1. The lowest BCUT2D eigenvalue weighted by Crippen LogP contribution is -2.42. The van der Waals surface area contributed by atoms with Gasteiger partial charge in [-0.05, 0) is 25.8 Å². The molecule has 5 nitrogen and oxygen atoms in total. The molecular formula is C13H17N3O2. The number of aromatic nitrogens is 2. The summed E-state index contributed by atoms with van der Waals surface area (Å²) >= 11 is 0. The van der Waals surface area contributed by atoms with Gasteiger partial charge in [0.2, 0.25) is 0 Å². The van der Waals surface area contributed by atoms with Crippen LogP contribution in [0.1, 0.15) is 25.8 Å². The maximum atomic E-state index is 9.76. The van der Waals surface area contributed by atoms with Gasteiger partial charge in [0, 0.05) is 17.6 Å². The largest absolute Gasteiger partial charge is 0.495 e. The highest BCUT2D eigenvalue weighted by atomic mass is 16.5. The lowest BCUT2D eigenvalue weighted by Gasteiger charge is -2.40. The molecular weight excluding hydrogens is 230 g/mol. The number of hydrogen-bond donors (Lipinski definition) is 2. The van der Waals surface area contributed by atoms with E-state index in [0.717, 1.165) is 23.7 Å². The molecule has 0 aliphatic heterocycles. The van der Waals surface area contributed by atoms with E-state index in [4.69, 9.17) is 10.5 Å². The zero-order valence-corrected chi connectivity index (χ0v) is 10.6. The van der Waals surface area contributed by atoms with E-state index in [1.807, 2.05) is 29.9 Å². The van der Waals surface area contributed by atoms with Crippen LogP contribution in [0.2, 0.25) is 0 Å². The van der Waals surface area contributed by atoms with Gasteiger partial charge in [0.15, 0.2) is 0 Å². The number of nitrogens with zero attached hydrogens (tertiary/aromatic N) is 2. The SMILES string of the molecule is COc1cc2nn(C3CC(C)(O)C3)cc2cc1N. The Bertz CT molecular complexity index is 596. The maximum Gasteiger partial charge on any atom is 0.144 e. The van der Waals surface area contributed by atoms with Gasteiger partial charge in [-0.15, -0.1) is 0 Å². The molecule has 3 rings (SSSR count). The Morgan fingerprint density at radius 2 is 2.22 bits per heavy atom. The average Bonchev–Trinajstić information content (AvgIpc) is 2.66. The van der Waals surface area contributed by atoms with E-state index < -0.39 is 5.60 Å². The zero-order valence-electron chi connectivity index (χ0n) is 10.6. The number of ether oxygens (including phenoxy) is 1. The topological polar surface area (TPSA) is 73.3 Å². The van der Waals surface area contributed by atoms with E-state index in [9.17, 15) is 5.11 Å². The van der Waals surface area contributed by atoms with Gasteiger partial charge >= 0.3 is 0 Å². The summed E-state index contributed by atoms with van der Waals surface area (Å²) in [5.41, 5.74) is 6.81. The molecule has 1 aliphatic rings. The summed E-state index contributed by atoms with van der Waals surface area (Å²) in [5, 5.41) is 15.3. The lowest BCUT2D eigenvalue weighted by atomic mass is 9.77. The van der Waals surface area contributed by atoms with Gasteiger partial charge in [0.05, 0.1) is 30.0 Å². The minimum Gasteiger partial charge on any atom is -0.495 e. The molecule has 0 spiro atoms. The van der Waals surface area contributed by atoms with Crippen LogP contribution in [0.15, 0.2) is 18.3 Å². The number of hydrogen-bond acceptors (Lipinski definition) is 4. The smallest absolute Gasteiger partial charge is 0.144 e. The van der Waals surface area contributed by atoms with Crippen LogP contribution in [0.25, 0.3) is 10.9 Å². The fourth-order valence-electron chi connectivity index (χ4n) is 2.60.